The molecule has 0 bridgehead atoms. The predicted octanol–water partition coefficient (Wildman–Crippen LogP) is -0.708. The Bertz CT molecular complexity index is 670. The minimum atomic E-state index is -0.458. The average Bonchev–Trinajstić information content (AvgIpc) is 2.67. The molecular formula is C13H11N3O. The molecule has 3 N–H and O–H groups in total. The van der Waals surface area contributed by atoms with E-state index in [0.717, 1.165) is 16.3 Å². The Balaban J connectivity index is 2.25. The Morgan fingerprint density at radius 2 is 2.12 bits per heavy atom. The molecule has 0 saturated carbocycles. The van der Waals surface area contributed by atoms with Crippen LogP contribution in [0, 0.1) is 0 Å². The van der Waals surface area contributed by atoms with Crippen LogP contribution in [0.25, 0.3) is 11.9 Å². The SMILES string of the molecule is NC(=O)C1=CN2C=CC=c3ccccc3=C2N1. The van der Waals surface area contributed by atoms with Gasteiger partial charge in [-0.05, 0) is 11.3 Å². The summed E-state index contributed by atoms with van der Waals surface area (Å²) in [5, 5.41) is 5.20. The maximum atomic E-state index is 11.2. The highest BCUT2D eigenvalue weighted by atomic mass is 16.1. The van der Waals surface area contributed by atoms with Crippen molar-refractivity contribution in [3.05, 3.63) is 58.9 Å². The van der Waals surface area contributed by atoms with Gasteiger partial charge in [-0.25, -0.2) is 0 Å². The quantitative estimate of drug-likeness (QED) is 0.664. The molecule has 0 aliphatic carbocycles. The number of hydrogen-bond acceptors (Lipinski definition) is 3. The Morgan fingerprint density at radius 3 is 2.94 bits per heavy atom. The molecule has 2 aliphatic heterocycles. The summed E-state index contributed by atoms with van der Waals surface area (Å²) in [5.41, 5.74) is 5.67. The van der Waals surface area contributed by atoms with Crippen LogP contribution in [0.3, 0.4) is 0 Å². The molecule has 4 nitrogen and oxygen atoms in total. The number of benzene rings is 1. The monoisotopic (exact) mass is 225 g/mol. The van der Waals surface area contributed by atoms with E-state index in [-0.39, 0.29) is 0 Å². The maximum Gasteiger partial charge on any atom is 0.266 e. The first-order chi connectivity index (χ1) is 8.25. The molecule has 84 valence electrons. The Labute approximate surface area is 98.0 Å². The van der Waals surface area contributed by atoms with E-state index in [4.69, 9.17) is 5.73 Å². The molecule has 0 unspecified atom stereocenters. The van der Waals surface area contributed by atoms with Crippen molar-refractivity contribution in [2.24, 2.45) is 5.73 Å². The number of primary amides is 1. The number of nitrogens with one attached hydrogen (secondary N) is 1. The summed E-state index contributed by atoms with van der Waals surface area (Å²) in [4.78, 5) is 13.0. The minimum Gasteiger partial charge on any atom is -0.364 e. The lowest BCUT2D eigenvalue weighted by Gasteiger charge is -2.11. The highest BCUT2D eigenvalue weighted by Gasteiger charge is 2.20. The van der Waals surface area contributed by atoms with Crippen LogP contribution in [0.1, 0.15) is 0 Å². The normalized spacial score (nSPS) is 16.4. The molecule has 2 heterocycles. The first-order valence-electron chi connectivity index (χ1n) is 5.30. The van der Waals surface area contributed by atoms with Gasteiger partial charge in [0.1, 0.15) is 11.5 Å². The van der Waals surface area contributed by atoms with E-state index in [1.807, 2.05) is 47.5 Å². The zero-order valence-electron chi connectivity index (χ0n) is 9.05. The molecule has 0 aromatic heterocycles. The molecule has 1 aromatic rings. The van der Waals surface area contributed by atoms with Crippen molar-refractivity contribution in [2.75, 3.05) is 0 Å². The molecule has 1 aromatic carbocycles. The van der Waals surface area contributed by atoms with Crippen LogP contribution in [0.2, 0.25) is 0 Å². The van der Waals surface area contributed by atoms with Gasteiger partial charge in [0.25, 0.3) is 5.91 Å². The Hall–Kier alpha value is -2.49. The summed E-state index contributed by atoms with van der Waals surface area (Å²) in [6, 6.07) is 7.98. The van der Waals surface area contributed by atoms with Gasteiger partial charge in [0, 0.05) is 17.6 Å². The number of hydrogen-bond donors (Lipinski definition) is 2. The van der Waals surface area contributed by atoms with E-state index in [0.29, 0.717) is 5.70 Å². The van der Waals surface area contributed by atoms with E-state index in [9.17, 15) is 4.79 Å². The van der Waals surface area contributed by atoms with Crippen LogP contribution in [-0.4, -0.2) is 10.8 Å². The Kier molecular flexibility index (Phi) is 2.01. The third kappa shape index (κ3) is 1.50. The maximum absolute atomic E-state index is 11.2. The lowest BCUT2D eigenvalue weighted by Crippen LogP contribution is -2.33. The second-order valence-corrected chi connectivity index (χ2v) is 3.88. The average molecular weight is 225 g/mol. The van der Waals surface area contributed by atoms with Gasteiger partial charge < -0.3 is 16.0 Å². The molecule has 4 heteroatoms. The van der Waals surface area contributed by atoms with E-state index in [1.165, 1.54) is 0 Å². The second kappa shape index (κ2) is 3.52. The van der Waals surface area contributed by atoms with Crippen molar-refractivity contribution in [2.45, 2.75) is 0 Å². The third-order valence-corrected chi connectivity index (χ3v) is 2.78. The van der Waals surface area contributed by atoms with Gasteiger partial charge >= 0.3 is 0 Å². The number of fused-ring (bicyclic) bond motifs is 2. The van der Waals surface area contributed by atoms with Gasteiger partial charge in [-0.1, -0.05) is 30.3 Å². The third-order valence-electron chi connectivity index (χ3n) is 2.78. The number of allylic oxidation sites excluding steroid dienone is 1. The van der Waals surface area contributed by atoms with E-state index in [2.05, 4.69) is 5.32 Å². The van der Waals surface area contributed by atoms with Gasteiger partial charge in [-0.15, -0.1) is 0 Å². The fourth-order valence-corrected chi connectivity index (χ4v) is 1.97. The van der Waals surface area contributed by atoms with Crippen LogP contribution in [-0.2, 0) is 4.79 Å². The molecule has 1 amide bonds. The van der Waals surface area contributed by atoms with Gasteiger partial charge in [0.2, 0.25) is 0 Å². The Morgan fingerprint density at radius 1 is 1.29 bits per heavy atom. The molecular weight excluding hydrogens is 214 g/mol. The highest BCUT2D eigenvalue weighted by molar-refractivity contribution is 5.93. The van der Waals surface area contributed by atoms with Crippen molar-refractivity contribution in [1.82, 2.24) is 10.2 Å². The predicted molar refractivity (Wildman–Crippen MR) is 65.0 cm³/mol. The zero-order valence-corrected chi connectivity index (χ0v) is 9.05. The summed E-state index contributed by atoms with van der Waals surface area (Å²) in [7, 11) is 0. The standard InChI is InChI=1S/C13H11N3O/c14-12(17)11-8-16-7-3-5-9-4-1-2-6-10(9)13(16)15-11/h1-8,15H,(H2,14,17). The molecule has 0 spiro atoms. The molecule has 0 radical (unpaired) electrons. The highest BCUT2D eigenvalue weighted by Crippen LogP contribution is 2.14. The molecule has 0 atom stereocenters. The number of nitrogens with two attached hydrogens (primary N) is 1. The number of carbonyl (C=O) groups is 1. The van der Waals surface area contributed by atoms with Crippen molar-refractivity contribution in [1.29, 1.82) is 0 Å². The van der Waals surface area contributed by atoms with Gasteiger partial charge in [0.15, 0.2) is 0 Å². The number of carbonyl (C=O) groups excluding carboxylic acids is 1. The van der Waals surface area contributed by atoms with Crippen LogP contribution in [0.4, 0.5) is 0 Å². The first-order valence-corrected chi connectivity index (χ1v) is 5.30. The number of amides is 1. The lowest BCUT2D eigenvalue weighted by molar-refractivity contribution is -0.114. The van der Waals surface area contributed by atoms with Gasteiger partial charge in [-0.3, -0.25) is 4.79 Å². The zero-order chi connectivity index (χ0) is 11.8. The fraction of sp³-hybridized carbons (Fsp3) is 0. The van der Waals surface area contributed by atoms with Crippen LogP contribution in [0.5, 0.6) is 0 Å². The molecule has 17 heavy (non-hydrogen) atoms. The van der Waals surface area contributed by atoms with Gasteiger partial charge in [0.05, 0.1) is 0 Å². The number of rotatable bonds is 1. The van der Waals surface area contributed by atoms with E-state index < -0.39 is 5.91 Å². The van der Waals surface area contributed by atoms with Crippen molar-refractivity contribution < 1.29 is 4.79 Å². The van der Waals surface area contributed by atoms with Crippen molar-refractivity contribution in [3.63, 3.8) is 0 Å². The minimum absolute atomic E-state index is 0.404. The largest absolute Gasteiger partial charge is 0.364 e. The summed E-state index contributed by atoms with van der Waals surface area (Å²) in [5.74, 6) is 0.403. The molecule has 3 rings (SSSR count). The summed E-state index contributed by atoms with van der Waals surface area (Å²) >= 11 is 0. The molecule has 2 aliphatic rings. The second-order valence-electron chi connectivity index (χ2n) is 3.88. The topological polar surface area (TPSA) is 58.4 Å². The van der Waals surface area contributed by atoms with Gasteiger partial charge in [-0.2, -0.15) is 0 Å². The van der Waals surface area contributed by atoms with Crippen LogP contribution >= 0.6 is 0 Å². The first kappa shape index (κ1) is 9.72. The van der Waals surface area contributed by atoms with Crippen molar-refractivity contribution in [3.8, 4) is 0 Å². The van der Waals surface area contributed by atoms with E-state index >= 15 is 0 Å². The smallest absolute Gasteiger partial charge is 0.266 e. The summed E-state index contributed by atoms with van der Waals surface area (Å²) in [6.45, 7) is 0. The fourth-order valence-electron chi connectivity index (χ4n) is 1.97. The van der Waals surface area contributed by atoms with E-state index in [1.54, 1.807) is 6.20 Å². The molecule has 0 fully saturated rings. The summed E-state index contributed by atoms with van der Waals surface area (Å²) in [6.07, 6.45) is 7.55. The van der Waals surface area contributed by atoms with Crippen LogP contribution in [0.15, 0.2) is 48.4 Å². The molecule has 0 saturated heterocycles. The lowest BCUT2D eigenvalue weighted by atomic mass is 10.2. The summed E-state index contributed by atoms with van der Waals surface area (Å²) < 4.78 is 0. The van der Waals surface area contributed by atoms with Crippen molar-refractivity contribution >= 4 is 17.8 Å². The van der Waals surface area contributed by atoms with Crippen LogP contribution < -0.4 is 21.5 Å². The number of nitrogens with zero attached hydrogens (tertiary/aromatic N) is 1.